The molecule has 0 bridgehead atoms. The summed E-state index contributed by atoms with van der Waals surface area (Å²) >= 11 is 1.74. The monoisotopic (exact) mass is 644 g/mol. The molecule has 1 unspecified atom stereocenters. The van der Waals surface area contributed by atoms with Crippen molar-refractivity contribution in [2.24, 2.45) is 5.41 Å². The number of rotatable bonds is 10. The molecule has 46 heavy (non-hydrogen) atoms. The average molecular weight is 645 g/mol. The minimum atomic E-state index is -4.45. The van der Waals surface area contributed by atoms with E-state index in [-0.39, 0.29) is 24.8 Å². The summed E-state index contributed by atoms with van der Waals surface area (Å²) in [6.07, 6.45) is -1.42. The van der Waals surface area contributed by atoms with Crippen molar-refractivity contribution in [3.8, 4) is 16.9 Å². The van der Waals surface area contributed by atoms with Gasteiger partial charge in [0.1, 0.15) is 12.4 Å². The van der Waals surface area contributed by atoms with E-state index in [0.717, 1.165) is 62.1 Å². The van der Waals surface area contributed by atoms with E-state index < -0.39 is 23.1 Å². The Bertz CT molecular complexity index is 1880. The molecule has 6 rings (SSSR count). The number of hydrogen-bond acceptors (Lipinski definition) is 4. The Morgan fingerprint density at radius 2 is 1.80 bits per heavy atom. The maximum absolute atomic E-state index is 13.6. The van der Waals surface area contributed by atoms with Crippen LogP contribution in [0.1, 0.15) is 55.3 Å². The van der Waals surface area contributed by atoms with Crippen LogP contribution in [-0.2, 0) is 37.0 Å². The van der Waals surface area contributed by atoms with Crippen LogP contribution >= 0.6 is 11.8 Å². The largest absolute Gasteiger partial charge is 0.487 e. The van der Waals surface area contributed by atoms with Crippen LogP contribution in [0.3, 0.4) is 0 Å². The maximum atomic E-state index is 13.6. The Morgan fingerprint density at radius 1 is 1.02 bits per heavy atom. The molecule has 0 saturated carbocycles. The first kappa shape index (κ1) is 31.7. The van der Waals surface area contributed by atoms with Crippen molar-refractivity contribution in [3.63, 3.8) is 0 Å². The lowest BCUT2D eigenvalue weighted by Crippen LogP contribution is -2.22. The third kappa shape index (κ3) is 6.79. The summed E-state index contributed by atoms with van der Waals surface area (Å²) in [7, 11) is 0. The van der Waals surface area contributed by atoms with Crippen LogP contribution in [0.25, 0.3) is 22.0 Å². The number of benzene rings is 3. The number of thioether (sulfide) groups is 1. The van der Waals surface area contributed by atoms with Crippen molar-refractivity contribution in [1.29, 1.82) is 0 Å². The number of aromatic nitrogens is 2. The van der Waals surface area contributed by atoms with Crippen LogP contribution in [-0.4, -0.2) is 25.9 Å². The van der Waals surface area contributed by atoms with Gasteiger partial charge in [-0.2, -0.15) is 13.2 Å². The summed E-state index contributed by atoms with van der Waals surface area (Å²) in [5.41, 5.74) is 5.06. The van der Waals surface area contributed by atoms with Crippen LogP contribution in [0, 0.1) is 5.41 Å². The predicted molar refractivity (Wildman–Crippen MR) is 175 cm³/mol. The molecule has 3 aromatic carbocycles. The zero-order chi connectivity index (χ0) is 32.6. The van der Waals surface area contributed by atoms with Gasteiger partial charge in [0, 0.05) is 45.1 Å². The molecule has 2 aromatic heterocycles. The minimum Gasteiger partial charge on any atom is -0.487 e. The number of hydrogen-bond donors (Lipinski definition) is 1. The number of ether oxygens (including phenoxy) is 1. The molecule has 0 fully saturated rings. The van der Waals surface area contributed by atoms with E-state index >= 15 is 0 Å². The summed E-state index contributed by atoms with van der Waals surface area (Å²) in [6, 6.07) is 23.4. The molecule has 1 atom stereocenters. The first-order valence-electron chi connectivity index (χ1n) is 15.2. The Morgan fingerprint density at radius 3 is 2.50 bits per heavy atom. The zero-order valence-corrected chi connectivity index (χ0v) is 26.7. The van der Waals surface area contributed by atoms with Gasteiger partial charge in [0.05, 0.1) is 23.2 Å². The normalized spacial score (nSPS) is 14.9. The molecular formula is C37H35F3N2O3S. The van der Waals surface area contributed by atoms with E-state index in [4.69, 9.17) is 4.74 Å². The lowest BCUT2D eigenvalue weighted by Gasteiger charge is -2.26. The molecule has 0 spiro atoms. The number of halogens is 3. The van der Waals surface area contributed by atoms with E-state index in [0.29, 0.717) is 12.0 Å². The standard InChI is InChI=1S/C37H35F3N2O3S/c1-23-16-29-32(45-22-28-13-12-26(20-41-28)25-9-5-4-6-10-25)15-14-30-34(29)35(46-23)31(18-36(2,3)19-33(43)44)42(30)21-24-8-7-11-27(17-24)37(38,39)40/h4-15,17,20,23H,16,18-19,21-22H2,1-3H3,(H,43,44). The number of carboxylic acid groups (broad SMARTS) is 1. The molecule has 0 saturated heterocycles. The number of carbonyl (C=O) groups is 1. The second-order valence-electron chi connectivity index (χ2n) is 12.7. The van der Waals surface area contributed by atoms with Crippen LogP contribution in [0.2, 0.25) is 0 Å². The number of carboxylic acids is 1. The van der Waals surface area contributed by atoms with E-state index in [1.54, 1.807) is 17.8 Å². The molecule has 5 nitrogen and oxygen atoms in total. The van der Waals surface area contributed by atoms with Crippen LogP contribution in [0.4, 0.5) is 13.2 Å². The van der Waals surface area contributed by atoms with E-state index in [2.05, 4.69) is 16.5 Å². The smallest absolute Gasteiger partial charge is 0.416 e. The molecule has 1 aliphatic rings. The van der Waals surface area contributed by atoms with Gasteiger partial charge in [0.2, 0.25) is 0 Å². The van der Waals surface area contributed by atoms with Crippen molar-refractivity contribution in [2.75, 3.05) is 0 Å². The predicted octanol–water partition coefficient (Wildman–Crippen LogP) is 9.43. The maximum Gasteiger partial charge on any atom is 0.416 e. The molecule has 1 aliphatic heterocycles. The third-order valence-corrected chi connectivity index (χ3v) is 9.59. The summed E-state index contributed by atoms with van der Waals surface area (Å²) < 4.78 is 49.3. The summed E-state index contributed by atoms with van der Waals surface area (Å²) in [6.45, 7) is 6.50. The lowest BCUT2D eigenvalue weighted by molar-refractivity contribution is -0.139. The zero-order valence-electron chi connectivity index (χ0n) is 25.9. The van der Waals surface area contributed by atoms with Gasteiger partial charge < -0.3 is 14.4 Å². The lowest BCUT2D eigenvalue weighted by atomic mass is 9.84. The summed E-state index contributed by atoms with van der Waals surface area (Å²) in [5.74, 6) is -0.135. The molecule has 1 N–H and O–H groups in total. The van der Waals surface area contributed by atoms with Crippen molar-refractivity contribution in [2.45, 2.75) is 69.5 Å². The van der Waals surface area contributed by atoms with Gasteiger partial charge in [-0.1, -0.05) is 69.3 Å². The number of pyridine rings is 1. The van der Waals surface area contributed by atoms with Gasteiger partial charge in [-0.05, 0) is 59.7 Å². The highest BCUT2D eigenvalue weighted by Crippen LogP contribution is 2.48. The molecule has 0 aliphatic carbocycles. The Hall–Kier alpha value is -4.24. The highest BCUT2D eigenvalue weighted by Gasteiger charge is 2.33. The average Bonchev–Trinajstić information content (AvgIpc) is 3.28. The van der Waals surface area contributed by atoms with Crippen LogP contribution in [0.15, 0.2) is 90.0 Å². The van der Waals surface area contributed by atoms with E-state index in [1.165, 1.54) is 12.1 Å². The van der Waals surface area contributed by atoms with Gasteiger partial charge in [0.15, 0.2) is 0 Å². The Labute approximate surface area is 270 Å². The van der Waals surface area contributed by atoms with Gasteiger partial charge in [-0.25, -0.2) is 0 Å². The number of alkyl halides is 3. The van der Waals surface area contributed by atoms with Crippen molar-refractivity contribution >= 4 is 28.6 Å². The molecule has 238 valence electrons. The van der Waals surface area contributed by atoms with Crippen molar-refractivity contribution < 1.29 is 27.8 Å². The SMILES string of the molecule is CC1Cc2c(OCc3ccc(-c4ccccc4)cn3)ccc3c2c(c(CC(C)(C)CC(=O)O)n3Cc2cccc(C(F)(F)F)c2)S1. The van der Waals surface area contributed by atoms with Gasteiger partial charge in [-0.3, -0.25) is 9.78 Å². The van der Waals surface area contributed by atoms with E-state index in [1.807, 2.05) is 74.6 Å². The third-order valence-electron chi connectivity index (χ3n) is 8.34. The molecule has 0 amide bonds. The highest BCUT2D eigenvalue weighted by atomic mass is 32.2. The molecular weight excluding hydrogens is 609 g/mol. The first-order chi connectivity index (χ1) is 21.9. The quantitative estimate of drug-likeness (QED) is 0.164. The second-order valence-corrected chi connectivity index (χ2v) is 14.2. The Balaban J connectivity index is 1.39. The van der Waals surface area contributed by atoms with Gasteiger partial charge in [0.25, 0.3) is 0 Å². The number of aliphatic carboxylic acids is 1. The van der Waals surface area contributed by atoms with Crippen LogP contribution < -0.4 is 4.74 Å². The van der Waals surface area contributed by atoms with Crippen molar-refractivity contribution in [1.82, 2.24) is 9.55 Å². The highest BCUT2D eigenvalue weighted by molar-refractivity contribution is 8.00. The minimum absolute atomic E-state index is 0.0327. The fourth-order valence-corrected chi connectivity index (χ4v) is 7.59. The molecule has 5 aromatic rings. The molecule has 3 heterocycles. The van der Waals surface area contributed by atoms with Gasteiger partial charge in [-0.15, -0.1) is 11.8 Å². The fourth-order valence-electron chi connectivity index (χ4n) is 6.28. The van der Waals surface area contributed by atoms with Crippen LogP contribution in [0.5, 0.6) is 5.75 Å². The fraction of sp³-hybridized carbons (Fsp3) is 0.297. The Kier molecular flexibility index (Phi) is 8.63. The molecule has 0 radical (unpaired) electrons. The summed E-state index contributed by atoms with van der Waals surface area (Å²) in [5, 5.41) is 10.9. The topological polar surface area (TPSA) is 64.3 Å². The van der Waals surface area contributed by atoms with Gasteiger partial charge >= 0.3 is 12.1 Å². The first-order valence-corrected chi connectivity index (χ1v) is 16.1. The molecule has 9 heteroatoms. The van der Waals surface area contributed by atoms with E-state index in [9.17, 15) is 23.1 Å². The van der Waals surface area contributed by atoms with Crippen molar-refractivity contribution in [3.05, 3.63) is 113 Å². The summed E-state index contributed by atoms with van der Waals surface area (Å²) in [4.78, 5) is 17.4. The second kappa shape index (κ2) is 12.5. The number of nitrogens with zero attached hydrogens (tertiary/aromatic N) is 2.